The Morgan fingerprint density at radius 3 is 2.41 bits per heavy atom. The highest BCUT2D eigenvalue weighted by Gasteiger charge is 2.23. The summed E-state index contributed by atoms with van der Waals surface area (Å²) >= 11 is 0. The van der Waals surface area contributed by atoms with Gasteiger partial charge in [0.1, 0.15) is 5.60 Å². The molecular formula is C18H27NO3. The van der Waals surface area contributed by atoms with Crippen molar-refractivity contribution >= 4 is 5.97 Å². The van der Waals surface area contributed by atoms with Crippen molar-refractivity contribution in [3.8, 4) is 0 Å². The van der Waals surface area contributed by atoms with Crippen LogP contribution in [-0.2, 0) is 16.1 Å². The van der Waals surface area contributed by atoms with E-state index in [1.165, 1.54) is 5.06 Å². The van der Waals surface area contributed by atoms with E-state index < -0.39 is 5.60 Å². The third-order valence-electron chi connectivity index (χ3n) is 3.20. The number of hydroxylamine groups is 2. The van der Waals surface area contributed by atoms with Crippen LogP contribution in [0.2, 0.25) is 0 Å². The summed E-state index contributed by atoms with van der Waals surface area (Å²) in [6, 6.07) is 9.43. The minimum absolute atomic E-state index is 0.113. The highest BCUT2D eigenvalue weighted by molar-refractivity contribution is 5.73. The van der Waals surface area contributed by atoms with Crippen molar-refractivity contribution in [2.24, 2.45) is 0 Å². The number of carbonyl (C=O) groups is 1. The van der Waals surface area contributed by atoms with Gasteiger partial charge in [0.2, 0.25) is 0 Å². The number of ether oxygens (including phenoxy) is 1. The van der Waals surface area contributed by atoms with Gasteiger partial charge in [-0.15, -0.1) is 0 Å². The second-order valence-corrected chi connectivity index (χ2v) is 6.43. The van der Waals surface area contributed by atoms with E-state index in [4.69, 9.17) is 4.74 Å². The first-order valence-electron chi connectivity index (χ1n) is 7.62. The van der Waals surface area contributed by atoms with Gasteiger partial charge in [0.05, 0.1) is 12.5 Å². The molecule has 1 aromatic carbocycles. The minimum Gasteiger partial charge on any atom is -0.460 e. The van der Waals surface area contributed by atoms with E-state index in [0.717, 1.165) is 5.56 Å². The largest absolute Gasteiger partial charge is 0.460 e. The van der Waals surface area contributed by atoms with Crippen molar-refractivity contribution in [2.45, 2.75) is 58.7 Å². The van der Waals surface area contributed by atoms with Gasteiger partial charge in [-0.05, 0) is 38.3 Å². The Bertz CT molecular complexity index is 491. The maximum absolute atomic E-state index is 11.9. The van der Waals surface area contributed by atoms with Crippen molar-refractivity contribution in [3.05, 3.63) is 48.0 Å². The van der Waals surface area contributed by atoms with Crippen molar-refractivity contribution in [1.82, 2.24) is 5.06 Å². The fraction of sp³-hybridized carbons (Fsp3) is 0.500. The normalized spacial score (nSPS) is 13.0. The summed E-state index contributed by atoms with van der Waals surface area (Å²) in [4.78, 5) is 11.9. The van der Waals surface area contributed by atoms with E-state index in [1.54, 1.807) is 0 Å². The van der Waals surface area contributed by atoms with E-state index in [-0.39, 0.29) is 18.4 Å². The molecule has 0 aliphatic heterocycles. The van der Waals surface area contributed by atoms with Gasteiger partial charge in [0.15, 0.2) is 0 Å². The van der Waals surface area contributed by atoms with Crippen molar-refractivity contribution in [3.63, 3.8) is 0 Å². The number of hydrogen-bond donors (Lipinski definition) is 1. The molecule has 22 heavy (non-hydrogen) atoms. The Kier molecular flexibility index (Phi) is 6.78. The zero-order valence-corrected chi connectivity index (χ0v) is 14.0. The number of rotatable bonds is 7. The number of carbonyl (C=O) groups excluding carboxylic acids is 1. The van der Waals surface area contributed by atoms with Gasteiger partial charge in [0.25, 0.3) is 0 Å². The molecule has 1 aromatic rings. The lowest BCUT2D eigenvalue weighted by molar-refractivity contribution is -0.155. The minimum atomic E-state index is -0.512. The highest BCUT2D eigenvalue weighted by Crippen LogP contribution is 2.19. The van der Waals surface area contributed by atoms with E-state index in [0.29, 0.717) is 18.5 Å². The monoisotopic (exact) mass is 305 g/mol. The van der Waals surface area contributed by atoms with Gasteiger partial charge >= 0.3 is 5.97 Å². The lowest BCUT2D eigenvalue weighted by Crippen LogP contribution is -2.34. The summed E-state index contributed by atoms with van der Waals surface area (Å²) in [5.74, 6) is -0.316. The molecule has 0 fully saturated rings. The zero-order valence-electron chi connectivity index (χ0n) is 14.0. The van der Waals surface area contributed by atoms with Crippen molar-refractivity contribution in [2.75, 3.05) is 0 Å². The molecule has 1 rings (SSSR count). The van der Waals surface area contributed by atoms with Gasteiger partial charge in [0, 0.05) is 6.54 Å². The fourth-order valence-electron chi connectivity index (χ4n) is 2.27. The first-order chi connectivity index (χ1) is 10.2. The highest BCUT2D eigenvalue weighted by atomic mass is 16.6. The van der Waals surface area contributed by atoms with Crippen LogP contribution >= 0.6 is 0 Å². The summed E-state index contributed by atoms with van der Waals surface area (Å²) in [7, 11) is 0. The predicted molar refractivity (Wildman–Crippen MR) is 87.5 cm³/mol. The topological polar surface area (TPSA) is 49.8 Å². The first-order valence-corrected chi connectivity index (χ1v) is 7.62. The fourth-order valence-corrected chi connectivity index (χ4v) is 2.27. The van der Waals surface area contributed by atoms with Crippen molar-refractivity contribution in [1.29, 1.82) is 0 Å². The van der Waals surface area contributed by atoms with Crippen molar-refractivity contribution < 1.29 is 14.7 Å². The molecule has 0 spiro atoms. The molecule has 1 unspecified atom stereocenters. The SMILES string of the molecule is C=C(CC(=O)OC(C)(C)C)C(CC)N(O)Cc1ccccc1. The molecule has 0 amide bonds. The van der Waals surface area contributed by atoms with E-state index in [2.05, 4.69) is 6.58 Å². The van der Waals surface area contributed by atoms with Crippen LogP contribution in [0.25, 0.3) is 0 Å². The molecule has 0 radical (unpaired) electrons. The zero-order chi connectivity index (χ0) is 16.8. The van der Waals surface area contributed by atoms with Gasteiger partial charge in [-0.2, -0.15) is 5.06 Å². The third kappa shape index (κ3) is 6.41. The van der Waals surface area contributed by atoms with Crippen LogP contribution < -0.4 is 0 Å². The Hall–Kier alpha value is -1.65. The molecule has 0 bridgehead atoms. The van der Waals surface area contributed by atoms with Crippen LogP contribution in [0.15, 0.2) is 42.5 Å². The number of benzene rings is 1. The summed E-state index contributed by atoms with van der Waals surface area (Å²) in [6.07, 6.45) is 0.784. The Morgan fingerprint density at radius 2 is 1.91 bits per heavy atom. The molecular weight excluding hydrogens is 278 g/mol. The van der Waals surface area contributed by atoms with Gasteiger partial charge in [-0.1, -0.05) is 43.8 Å². The molecule has 4 heteroatoms. The molecule has 0 saturated carbocycles. The number of hydrogen-bond acceptors (Lipinski definition) is 4. The van der Waals surface area contributed by atoms with Gasteiger partial charge in [-0.3, -0.25) is 4.79 Å². The molecule has 1 N–H and O–H groups in total. The smallest absolute Gasteiger partial charge is 0.310 e. The second kappa shape index (κ2) is 8.11. The molecule has 0 aliphatic carbocycles. The average Bonchev–Trinajstić information content (AvgIpc) is 2.38. The molecule has 4 nitrogen and oxygen atoms in total. The predicted octanol–water partition coefficient (Wildman–Crippen LogP) is 3.94. The molecule has 0 saturated heterocycles. The molecule has 122 valence electrons. The standard InChI is InChI=1S/C18H27NO3/c1-6-16(14(2)12-17(20)22-18(3,4)5)19(21)13-15-10-8-7-9-11-15/h7-11,16,21H,2,6,12-13H2,1,3-5H3. The molecule has 0 aliphatic rings. The summed E-state index contributed by atoms with van der Waals surface area (Å²) in [5.41, 5.74) is 1.16. The van der Waals surface area contributed by atoms with Crippen LogP contribution in [0.3, 0.4) is 0 Å². The quantitative estimate of drug-likeness (QED) is 0.471. The maximum Gasteiger partial charge on any atom is 0.310 e. The Balaban J connectivity index is 2.62. The van der Waals surface area contributed by atoms with Crippen LogP contribution in [0.5, 0.6) is 0 Å². The van der Waals surface area contributed by atoms with Crippen LogP contribution in [0.4, 0.5) is 0 Å². The number of nitrogens with zero attached hydrogens (tertiary/aromatic N) is 1. The van der Waals surface area contributed by atoms with Gasteiger partial charge < -0.3 is 9.94 Å². The van der Waals surface area contributed by atoms with Crippen LogP contribution in [0, 0.1) is 0 Å². The van der Waals surface area contributed by atoms with E-state index >= 15 is 0 Å². The molecule has 0 aromatic heterocycles. The summed E-state index contributed by atoms with van der Waals surface area (Å²) in [5, 5.41) is 11.5. The molecule has 1 atom stereocenters. The Labute approximate surface area is 133 Å². The van der Waals surface area contributed by atoms with Crippen LogP contribution in [0.1, 0.15) is 46.1 Å². The van der Waals surface area contributed by atoms with Gasteiger partial charge in [-0.25, -0.2) is 0 Å². The third-order valence-corrected chi connectivity index (χ3v) is 3.20. The maximum atomic E-state index is 11.9. The van der Waals surface area contributed by atoms with E-state index in [9.17, 15) is 10.0 Å². The molecule has 0 heterocycles. The Morgan fingerprint density at radius 1 is 1.32 bits per heavy atom. The average molecular weight is 305 g/mol. The summed E-state index contributed by atoms with van der Waals surface area (Å²) < 4.78 is 5.30. The first kappa shape index (κ1) is 18.4. The second-order valence-electron chi connectivity index (χ2n) is 6.43. The lowest BCUT2D eigenvalue weighted by Gasteiger charge is -2.27. The summed E-state index contributed by atoms with van der Waals surface area (Å²) in [6.45, 7) is 11.8. The van der Waals surface area contributed by atoms with E-state index in [1.807, 2.05) is 58.0 Å². The lowest BCUT2D eigenvalue weighted by atomic mass is 10.0. The number of esters is 1. The van der Waals surface area contributed by atoms with Crippen LogP contribution in [-0.4, -0.2) is 27.9 Å².